The molecule has 0 saturated carbocycles. The van der Waals surface area contributed by atoms with Crippen LogP contribution in [0.1, 0.15) is 5.56 Å². The van der Waals surface area contributed by atoms with Crippen LogP contribution < -0.4 is 4.74 Å². The lowest BCUT2D eigenvalue weighted by Crippen LogP contribution is -2.04. The van der Waals surface area contributed by atoms with Crippen LogP contribution in [0.4, 0.5) is 0 Å². The number of hydrogen-bond acceptors (Lipinski definition) is 4. The van der Waals surface area contributed by atoms with E-state index in [-0.39, 0.29) is 0 Å². The normalized spacial score (nSPS) is 10.5. The number of aromatic nitrogens is 1. The van der Waals surface area contributed by atoms with E-state index in [4.69, 9.17) is 9.15 Å². The molecule has 0 bridgehead atoms. The summed E-state index contributed by atoms with van der Waals surface area (Å²) in [6.45, 7) is 5.25. The van der Waals surface area contributed by atoms with Gasteiger partial charge in [-0.3, -0.25) is 0 Å². The van der Waals surface area contributed by atoms with Crippen molar-refractivity contribution in [2.45, 2.75) is 6.92 Å². The number of carbonyl (C=O) groups excluding carboxylic acids is 1. The van der Waals surface area contributed by atoms with E-state index < -0.39 is 5.97 Å². The predicted octanol–water partition coefficient (Wildman–Crippen LogP) is 3.89. The Labute approximate surface area is 121 Å². The number of rotatable bonds is 3. The molecule has 0 saturated heterocycles. The van der Waals surface area contributed by atoms with Crippen LogP contribution in [0.15, 0.2) is 59.5 Å². The Morgan fingerprint density at radius 3 is 2.81 bits per heavy atom. The fourth-order valence-electron chi connectivity index (χ4n) is 2.09. The van der Waals surface area contributed by atoms with Gasteiger partial charge in [-0.25, -0.2) is 9.78 Å². The maximum Gasteiger partial charge on any atom is 0.335 e. The van der Waals surface area contributed by atoms with Crippen molar-refractivity contribution < 1.29 is 13.9 Å². The molecular weight excluding hydrogens is 266 g/mol. The second kappa shape index (κ2) is 5.25. The molecule has 0 amide bonds. The molecule has 3 aromatic rings. The molecule has 0 aliphatic carbocycles. The zero-order valence-electron chi connectivity index (χ0n) is 11.5. The van der Waals surface area contributed by atoms with Gasteiger partial charge in [-0.1, -0.05) is 24.8 Å². The third-order valence-corrected chi connectivity index (χ3v) is 3.19. The SMILES string of the molecule is C=CC(=O)Oc1cccc(-c2nc3ccccc3o2)c1C. The maximum atomic E-state index is 11.3. The Morgan fingerprint density at radius 1 is 1.24 bits per heavy atom. The summed E-state index contributed by atoms with van der Waals surface area (Å²) in [6.07, 6.45) is 1.13. The first-order valence-corrected chi connectivity index (χ1v) is 6.49. The molecule has 1 heterocycles. The van der Waals surface area contributed by atoms with E-state index in [2.05, 4.69) is 11.6 Å². The molecule has 0 unspecified atom stereocenters. The third-order valence-electron chi connectivity index (χ3n) is 3.19. The molecule has 4 heteroatoms. The summed E-state index contributed by atoms with van der Waals surface area (Å²) in [5, 5.41) is 0. The highest BCUT2D eigenvalue weighted by Gasteiger charge is 2.14. The van der Waals surface area contributed by atoms with Crippen LogP contribution in [-0.4, -0.2) is 11.0 Å². The van der Waals surface area contributed by atoms with E-state index >= 15 is 0 Å². The van der Waals surface area contributed by atoms with Gasteiger partial charge in [0.1, 0.15) is 11.3 Å². The molecule has 0 spiro atoms. The van der Waals surface area contributed by atoms with Crippen LogP contribution in [0.25, 0.3) is 22.6 Å². The first-order chi connectivity index (χ1) is 10.2. The summed E-state index contributed by atoms with van der Waals surface area (Å²) in [7, 11) is 0. The van der Waals surface area contributed by atoms with Gasteiger partial charge in [0.15, 0.2) is 5.58 Å². The lowest BCUT2D eigenvalue weighted by atomic mass is 10.1. The highest BCUT2D eigenvalue weighted by atomic mass is 16.5. The lowest BCUT2D eigenvalue weighted by molar-refractivity contribution is -0.129. The van der Waals surface area contributed by atoms with E-state index in [9.17, 15) is 4.79 Å². The topological polar surface area (TPSA) is 52.3 Å². The average Bonchev–Trinajstić information content (AvgIpc) is 2.92. The Balaban J connectivity index is 2.07. The Kier molecular flexibility index (Phi) is 3.28. The first kappa shape index (κ1) is 13.1. The predicted molar refractivity (Wildman–Crippen MR) is 80.0 cm³/mol. The summed E-state index contributed by atoms with van der Waals surface area (Å²) in [4.78, 5) is 15.8. The van der Waals surface area contributed by atoms with Crippen molar-refractivity contribution in [3.8, 4) is 17.2 Å². The standard InChI is InChI=1S/C17H13NO3/c1-3-16(19)20-14-10-6-7-12(11(14)2)17-18-13-8-4-5-9-15(13)21-17/h3-10H,1H2,2H3. The summed E-state index contributed by atoms with van der Waals surface area (Å²) in [5.74, 6) is 0.484. The van der Waals surface area contributed by atoms with E-state index in [0.717, 1.165) is 28.3 Å². The molecule has 0 fully saturated rings. The van der Waals surface area contributed by atoms with Crippen LogP contribution >= 0.6 is 0 Å². The van der Waals surface area contributed by atoms with Gasteiger partial charge in [-0.2, -0.15) is 0 Å². The van der Waals surface area contributed by atoms with E-state index in [1.165, 1.54) is 0 Å². The average molecular weight is 279 g/mol. The number of para-hydroxylation sites is 2. The maximum absolute atomic E-state index is 11.3. The molecule has 0 N–H and O–H groups in total. The van der Waals surface area contributed by atoms with Crippen LogP contribution in [0.5, 0.6) is 5.75 Å². The molecule has 0 aliphatic rings. The molecule has 104 valence electrons. The minimum absolute atomic E-state index is 0.472. The van der Waals surface area contributed by atoms with Crippen LogP contribution in [0.2, 0.25) is 0 Å². The second-order valence-corrected chi connectivity index (χ2v) is 4.54. The van der Waals surface area contributed by atoms with Gasteiger partial charge in [0, 0.05) is 17.2 Å². The number of hydrogen-bond donors (Lipinski definition) is 0. The smallest absolute Gasteiger partial charge is 0.335 e. The van der Waals surface area contributed by atoms with E-state index in [1.54, 1.807) is 12.1 Å². The Morgan fingerprint density at radius 2 is 2.05 bits per heavy atom. The van der Waals surface area contributed by atoms with Gasteiger partial charge >= 0.3 is 5.97 Å². The molecule has 21 heavy (non-hydrogen) atoms. The molecular formula is C17H13NO3. The highest BCUT2D eigenvalue weighted by molar-refractivity contribution is 5.84. The number of benzene rings is 2. The van der Waals surface area contributed by atoms with Crippen molar-refractivity contribution in [2.75, 3.05) is 0 Å². The fourth-order valence-corrected chi connectivity index (χ4v) is 2.09. The molecule has 4 nitrogen and oxygen atoms in total. The van der Waals surface area contributed by atoms with Crippen molar-refractivity contribution in [3.63, 3.8) is 0 Å². The van der Waals surface area contributed by atoms with Gasteiger partial charge in [0.2, 0.25) is 5.89 Å². The quantitative estimate of drug-likeness (QED) is 0.414. The van der Waals surface area contributed by atoms with Crippen molar-refractivity contribution in [1.82, 2.24) is 4.98 Å². The Bertz CT molecular complexity index is 800. The molecule has 0 atom stereocenters. The number of carbonyl (C=O) groups is 1. The van der Waals surface area contributed by atoms with Crippen molar-refractivity contribution >= 4 is 17.1 Å². The lowest BCUT2D eigenvalue weighted by Gasteiger charge is -2.08. The Hall–Kier alpha value is -2.88. The molecule has 3 rings (SSSR count). The molecule has 1 aromatic heterocycles. The minimum Gasteiger partial charge on any atom is -0.436 e. The summed E-state index contributed by atoms with van der Waals surface area (Å²) in [5.41, 5.74) is 3.10. The number of nitrogens with zero attached hydrogens (tertiary/aromatic N) is 1. The number of esters is 1. The third kappa shape index (κ3) is 2.43. The number of fused-ring (bicyclic) bond motifs is 1. The van der Waals surface area contributed by atoms with Crippen LogP contribution in [0.3, 0.4) is 0 Å². The van der Waals surface area contributed by atoms with Crippen molar-refractivity contribution in [2.24, 2.45) is 0 Å². The number of oxazole rings is 1. The van der Waals surface area contributed by atoms with Gasteiger partial charge in [0.05, 0.1) is 0 Å². The van der Waals surface area contributed by atoms with Crippen LogP contribution in [0, 0.1) is 6.92 Å². The molecule has 0 aliphatic heterocycles. The summed E-state index contributed by atoms with van der Waals surface area (Å²) < 4.78 is 11.0. The summed E-state index contributed by atoms with van der Waals surface area (Å²) in [6, 6.07) is 13.0. The zero-order valence-corrected chi connectivity index (χ0v) is 11.5. The van der Waals surface area contributed by atoms with E-state index in [0.29, 0.717) is 11.6 Å². The monoisotopic (exact) mass is 279 g/mol. The van der Waals surface area contributed by atoms with Gasteiger partial charge in [0.25, 0.3) is 0 Å². The zero-order chi connectivity index (χ0) is 14.8. The number of ether oxygens (including phenoxy) is 1. The van der Waals surface area contributed by atoms with Gasteiger partial charge in [-0.15, -0.1) is 0 Å². The van der Waals surface area contributed by atoms with Gasteiger partial charge in [-0.05, 0) is 31.2 Å². The summed E-state index contributed by atoms with van der Waals surface area (Å²) >= 11 is 0. The van der Waals surface area contributed by atoms with E-state index in [1.807, 2.05) is 37.3 Å². The first-order valence-electron chi connectivity index (χ1n) is 6.49. The van der Waals surface area contributed by atoms with Crippen LogP contribution in [-0.2, 0) is 4.79 Å². The van der Waals surface area contributed by atoms with Gasteiger partial charge < -0.3 is 9.15 Å². The highest BCUT2D eigenvalue weighted by Crippen LogP contribution is 2.31. The minimum atomic E-state index is -0.493. The molecule has 0 radical (unpaired) electrons. The largest absolute Gasteiger partial charge is 0.436 e. The molecule has 2 aromatic carbocycles. The van der Waals surface area contributed by atoms with Crippen molar-refractivity contribution in [1.29, 1.82) is 0 Å². The van der Waals surface area contributed by atoms with Crippen molar-refractivity contribution in [3.05, 3.63) is 60.7 Å². The fraction of sp³-hybridized carbons (Fsp3) is 0.0588. The second-order valence-electron chi connectivity index (χ2n) is 4.54.